The Morgan fingerprint density at radius 3 is 2.74 bits per heavy atom. The normalized spacial score (nSPS) is 10.9. The highest BCUT2D eigenvalue weighted by Crippen LogP contribution is 2.10. The molecule has 0 bridgehead atoms. The van der Waals surface area contributed by atoms with Gasteiger partial charge in [0.15, 0.2) is 0 Å². The number of ether oxygens (including phenoxy) is 3. The highest BCUT2D eigenvalue weighted by molar-refractivity contribution is 5.10. The lowest BCUT2D eigenvalue weighted by Gasteiger charge is -2.08. The summed E-state index contributed by atoms with van der Waals surface area (Å²) in [6.07, 6.45) is 0.858. The molecule has 0 amide bonds. The van der Waals surface area contributed by atoms with E-state index in [-0.39, 0.29) is 11.5 Å². The second kappa shape index (κ2) is 8.66. The molecule has 0 saturated heterocycles. The van der Waals surface area contributed by atoms with E-state index in [2.05, 4.69) is 9.97 Å². The molecule has 1 aromatic rings. The summed E-state index contributed by atoms with van der Waals surface area (Å²) in [6, 6.07) is 1.34. The van der Waals surface area contributed by atoms with Crippen LogP contribution in [0.1, 0.15) is 32.0 Å². The van der Waals surface area contributed by atoms with Crippen molar-refractivity contribution in [3.8, 4) is 5.88 Å². The van der Waals surface area contributed by atoms with Crippen molar-refractivity contribution >= 4 is 0 Å². The van der Waals surface area contributed by atoms with Gasteiger partial charge >= 0.3 is 0 Å². The number of methoxy groups -OCH3 is 1. The van der Waals surface area contributed by atoms with Gasteiger partial charge in [0.05, 0.1) is 12.7 Å². The Morgan fingerprint density at radius 1 is 1.26 bits per heavy atom. The fourth-order valence-corrected chi connectivity index (χ4v) is 1.41. The molecule has 19 heavy (non-hydrogen) atoms. The first-order valence-corrected chi connectivity index (χ1v) is 6.44. The van der Waals surface area contributed by atoms with E-state index >= 15 is 0 Å². The van der Waals surface area contributed by atoms with Crippen LogP contribution >= 0.6 is 0 Å². The number of aromatic amines is 1. The fourth-order valence-electron chi connectivity index (χ4n) is 1.41. The van der Waals surface area contributed by atoms with E-state index in [4.69, 9.17) is 14.2 Å². The maximum absolute atomic E-state index is 11.4. The monoisotopic (exact) mass is 270 g/mol. The Bertz CT molecular complexity index is 417. The summed E-state index contributed by atoms with van der Waals surface area (Å²) in [6.45, 7) is 6.09. The smallest absolute Gasteiger partial charge is 0.254 e. The van der Waals surface area contributed by atoms with Gasteiger partial charge < -0.3 is 19.2 Å². The average molecular weight is 270 g/mol. The number of hydrogen-bond acceptors (Lipinski definition) is 5. The molecule has 1 heterocycles. The number of nitrogens with zero attached hydrogens (tertiary/aromatic N) is 1. The van der Waals surface area contributed by atoms with Gasteiger partial charge in [-0.05, 0) is 6.42 Å². The Balaban J connectivity index is 2.31. The van der Waals surface area contributed by atoms with Crippen molar-refractivity contribution in [1.29, 1.82) is 0 Å². The van der Waals surface area contributed by atoms with Crippen molar-refractivity contribution in [3.05, 3.63) is 22.2 Å². The summed E-state index contributed by atoms with van der Waals surface area (Å²) in [4.78, 5) is 18.3. The van der Waals surface area contributed by atoms with Crippen LogP contribution in [0, 0.1) is 0 Å². The third-order valence-corrected chi connectivity index (χ3v) is 2.40. The Hall–Kier alpha value is -1.40. The van der Waals surface area contributed by atoms with E-state index in [1.54, 1.807) is 7.11 Å². The zero-order chi connectivity index (χ0) is 14.1. The lowest BCUT2D eigenvalue weighted by molar-refractivity contribution is 0.0794. The zero-order valence-electron chi connectivity index (χ0n) is 11.8. The van der Waals surface area contributed by atoms with Gasteiger partial charge in [0.2, 0.25) is 5.88 Å². The van der Waals surface area contributed by atoms with Gasteiger partial charge in [-0.15, -0.1) is 0 Å². The second-order valence-electron chi connectivity index (χ2n) is 4.43. The van der Waals surface area contributed by atoms with Gasteiger partial charge in [0, 0.05) is 26.2 Å². The number of rotatable bonds is 9. The summed E-state index contributed by atoms with van der Waals surface area (Å²) < 4.78 is 15.7. The van der Waals surface area contributed by atoms with E-state index < -0.39 is 0 Å². The first kappa shape index (κ1) is 15.7. The third-order valence-electron chi connectivity index (χ3n) is 2.40. The van der Waals surface area contributed by atoms with Crippen molar-refractivity contribution in [2.24, 2.45) is 0 Å². The van der Waals surface area contributed by atoms with Crippen molar-refractivity contribution in [2.75, 3.05) is 33.5 Å². The molecule has 0 radical (unpaired) electrons. The summed E-state index contributed by atoms with van der Waals surface area (Å²) in [5.74, 6) is 1.12. The molecule has 1 rings (SSSR count). The number of nitrogens with one attached hydrogen (secondary N) is 1. The van der Waals surface area contributed by atoms with Crippen molar-refractivity contribution in [1.82, 2.24) is 9.97 Å². The largest absolute Gasteiger partial charge is 0.475 e. The highest BCUT2D eigenvalue weighted by Gasteiger charge is 2.05. The van der Waals surface area contributed by atoms with Crippen molar-refractivity contribution in [2.45, 2.75) is 26.2 Å². The predicted octanol–water partition coefficient (Wildman–Crippen LogP) is 1.33. The molecule has 0 atom stereocenters. The predicted molar refractivity (Wildman–Crippen MR) is 71.8 cm³/mol. The van der Waals surface area contributed by atoms with Crippen LogP contribution in [0.3, 0.4) is 0 Å². The molecule has 0 aliphatic heterocycles. The molecule has 6 nitrogen and oxygen atoms in total. The molecule has 0 saturated carbocycles. The molecule has 0 aliphatic rings. The SMILES string of the molecule is COCCCOCCOc1cc(=O)[nH]c(C(C)C)n1. The van der Waals surface area contributed by atoms with Crippen LogP contribution < -0.4 is 10.3 Å². The summed E-state index contributed by atoms with van der Waals surface area (Å²) in [5.41, 5.74) is -0.199. The van der Waals surface area contributed by atoms with Gasteiger partial charge in [0.25, 0.3) is 5.56 Å². The standard InChI is InChI=1S/C13H22N2O4/c1-10(2)13-14-11(16)9-12(15-13)19-8-7-18-6-4-5-17-3/h9-10H,4-8H2,1-3H3,(H,14,15,16). The first-order chi connectivity index (χ1) is 9.13. The van der Waals surface area contributed by atoms with Crippen LogP contribution in [-0.4, -0.2) is 43.5 Å². The molecule has 6 heteroatoms. The maximum Gasteiger partial charge on any atom is 0.254 e. The van der Waals surface area contributed by atoms with Gasteiger partial charge in [-0.3, -0.25) is 4.79 Å². The fraction of sp³-hybridized carbons (Fsp3) is 0.692. The molecule has 0 fully saturated rings. The second-order valence-corrected chi connectivity index (χ2v) is 4.43. The lowest BCUT2D eigenvalue weighted by atomic mass is 10.2. The molecule has 0 aromatic carbocycles. The van der Waals surface area contributed by atoms with Crippen LogP contribution in [0.15, 0.2) is 10.9 Å². The number of aromatic nitrogens is 2. The van der Waals surface area contributed by atoms with E-state index in [1.807, 2.05) is 13.8 Å². The van der Waals surface area contributed by atoms with E-state index in [1.165, 1.54) is 6.07 Å². The van der Waals surface area contributed by atoms with Crippen LogP contribution in [0.4, 0.5) is 0 Å². The molecular formula is C13H22N2O4. The van der Waals surface area contributed by atoms with Crippen LogP contribution in [0.25, 0.3) is 0 Å². The lowest BCUT2D eigenvalue weighted by Crippen LogP contribution is -2.15. The minimum atomic E-state index is -0.199. The van der Waals surface area contributed by atoms with E-state index in [0.717, 1.165) is 6.42 Å². The van der Waals surface area contributed by atoms with E-state index in [0.29, 0.717) is 38.1 Å². The molecule has 0 unspecified atom stereocenters. The van der Waals surface area contributed by atoms with Gasteiger partial charge in [0.1, 0.15) is 12.4 Å². The van der Waals surface area contributed by atoms with Gasteiger partial charge in [-0.1, -0.05) is 13.8 Å². The molecule has 0 spiro atoms. The quantitative estimate of drug-likeness (QED) is 0.685. The summed E-state index contributed by atoms with van der Waals surface area (Å²) >= 11 is 0. The first-order valence-electron chi connectivity index (χ1n) is 6.44. The van der Waals surface area contributed by atoms with Crippen LogP contribution in [0.5, 0.6) is 5.88 Å². The number of H-pyrrole nitrogens is 1. The van der Waals surface area contributed by atoms with Crippen LogP contribution in [0.2, 0.25) is 0 Å². The summed E-state index contributed by atoms with van der Waals surface area (Å²) in [7, 11) is 1.66. The Morgan fingerprint density at radius 2 is 2.05 bits per heavy atom. The highest BCUT2D eigenvalue weighted by atomic mass is 16.5. The van der Waals surface area contributed by atoms with Crippen LogP contribution in [-0.2, 0) is 9.47 Å². The molecule has 108 valence electrons. The third kappa shape index (κ3) is 6.35. The molecule has 0 aliphatic carbocycles. The molecular weight excluding hydrogens is 248 g/mol. The van der Waals surface area contributed by atoms with Gasteiger partial charge in [-0.2, -0.15) is 4.98 Å². The van der Waals surface area contributed by atoms with Crippen molar-refractivity contribution < 1.29 is 14.2 Å². The minimum Gasteiger partial charge on any atom is -0.475 e. The molecule has 1 N–H and O–H groups in total. The Kier molecular flexibility index (Phi) is 7.14. The minimum absolute atomic E-state index is 0.154. The number of hydrogen-bond donors (Lipinski definition) is 1. The topological polar surface area (TPSA) is 73.4 Å². The Labute approximate surface area is 113 Å². The van der Waals surface area contributed by atoms with E-state index in [9.17, 15) is 4.79 Å². The van der Waals surface area contributed by atoms with Crippen molar-refractivity contribution in [3.63, 3.8) is 0 Å². The summed E-state index contributed by atoms with van der Waals surface area (Å²) in [5, 5.41) is 0. The maximum atomic E-state index is 11.4. The zero-order valence-corrected chi connectivity index (χ0v) is 11.8. The van der Waals surface area contributed by atoms with Gasteiger partial charge in [-0.25, -0.2) is 0 Å². The molecule has 1 aromatic heterocycles. The average Bonchev–Trinajstić information content (AvgIpc) is 2.37.